The van der Waals surface area contributed by atoms with Crippen LogP contribution in [0.1, 0.15) is 74.7 Å². The van der Waals surface area contributed by atoms with Crippen molar-refractivity contribution in [1.29, 1.82) is 0 Å². The van der Waals surface area contributed by atoms with Crippen LogP contribution in [0.2, 0.25) is 5.02 Å². The van der Waals surface area contributed by atoms with Crippen molar-refractivity contribution in [3.05, 3.63) is 70.7 Å². The molecule has 2 aromatic carbocycles. The summed E-state index contributed by atoms with van der Waals surface area (Å²) in [6.45, 7) is 9.06. The Bertz CT molecular complexity index is 944. The number of hydrogen-bond donors (Lipinski definition) is 1. The molecule has 1 saturated heterocycles. The van der Waals surface area contributed by atoms with E-state index < -0.39 is 5.54 Å². The molecule has 1 amide bonds. The summed E-state index contributed by atoms with van der Waals surface area (Å²) in [7, 11) is 2.21. The summed E-state index contributed by atoms with van der Waals surface area (Å²) in [5.41, 5.74) is 2.03. The van der Waals surface area contributed by atoms with Crippen molar-refractivity contribution >= 4 is 23.8 Å². The number of piperidine rings is 1. The summed E-state index contributed by atoms with van der Waals surface area (Å²) in [5, 5.41) is 3.87. The minimum atomic E-state index is -0.396. The number of nitrogens with one attached hydrogen (secondary N) is 1. The molecule has 1 aliphatic heterocycles. The van der Waals surface area contributed by atoms with Gasteiger partial charge in [0.25, 0.3) is 5.91 Å². The Kier molecular flexibility index (Phi) is 8.95. The lowest BCUT2D eigenvalue weighted by molar-refractivity contribution is -0.114. The Hall–Kier alpha value is -2.17. The van der Waals surface area contributed by atoms with E-state index in [2.05, 4.69) is 43.2 Å². The summed E-state index contributed by atoms with van der Waals surface area (Å²) < 4.78 is 0. The molecule has 0 aromatic heterocycles. The lowest BCUT2D eigenvalue weighted by atomic mass is 9.71. The quantitative estimate of drug-likeness (QED) is 0.516. The average molecular weight is 483 g/mol. The number of nitrogens with zero attached hydrogens (tertiary/aromatic N) is 1. The smallest absolute Gasteiger partial charge is 0.251 e. The molecule has 2 fully saturated rings. The fraction of sp³-hybridized carbons (Fsp3) is 0.517. The predicted octanol–water partition coefficient (Wildman–Crippen LogP) is 6.35. The van der Waals surface area contributed by atoms with Gasteiger partial charge in [0.15, 0.2) is 0 Å². The monoisotopic (exact) mass is 482 g/mol. The molecule has 2 aromatic rings. The molecule has 1 N–H and O–H groups in total. The summed E-state index contributed by atoms with van der Waals surface area (Å²) in [6, 6.07) is 17.5. The molecule has 1 unspecified atom stereocenters. The number of aldehydes is 1. The van der Waals surface area contributed by atoms with E-state index in [-0.39, 0.29) is 11.8 Å². The first kappa shape index (κ1) is 26.4. The highest BCUT2D eigenvalue weighted by Crippen LogP contribution is 2.41. The Balaban J connectivity index is 0.000000192. The van der Waals surface area contributed by atoms with E-state index in [0.29, 0.717) is 16.9 Å². The van der Waals surface area contributed by atoms with Crippen LogP contribution in [0.4, 0.5) is 0 Å². The van der Waals surface area contributed by atoms with Crippen molar-refractivity contribution < 1.29 is 9.59 Å². The van der Waals surface area contributed by atoms with Crippen LogP contribution >= 0.6 is 11.6 Å². The van der Waals surface area contributed by atoms with Gasteiger partial charge in [-0.2, -0.15) is 0 Å². The SMILES string of the molecule is CN1CCC(c2ccc(Cl)cc2)C(C)(C)C1.C[C@@]1(NC(=O)c2ccccc2)CCCC[C@@H]1C=O. The van der Waals surface area contributed by atoms with E-state index in [0.717, 1.165) is 37.0 Å². The maximum atomic E-state index is 12.2. The number of hydrogen-bond acceptors (Lipinski definition) is 3. The summed E-state index contributed by atoms with van der Waals surface area (Å²) >= 11 is 5.94. The fourth-order valence-corrected chi connectivity index (χ4v) is 5.72. The van der Waals surface area contributed by atoms with E-state index >= 15 is 0 Å². The summed E-state index contributed by atoms with van der Waals surface area (Å²) in [6.07, 6.45) is 6.11. The number of halogens is 1. The van der Waals surface area contributed by atoms with Gasteiger partial charge < -0.3 is 15.0 Å². The van der Waals surface area contributed by atoms with E-state index in [1.165, 1.54) is 25.1 Å². The maximum Gasteiger partial charge on any atom is 0.251 e. The van der Waals surface area contributed by atoms with Gasteiger partial charge in [0.1, 0.15) is 6.29 Å². The third-order valence-electron chi connectivity index (χ3n) is 7.57. The molecule has 0 bridgehead atoms. The maximum absolute atomic E-state index is 12.2. The number of carbonyl (C=O) groups is 2. The van der Waals surface area contributed by atoms with Gasteiger partial charge >= 0.3 is 0 Å². The first-order valence-corrected chi connectivity index (χ1v) is 12.8. The van der Waals surface area contributed by atoms with E-state index in [1.807, 2.05) is 37.3 Å². The fourth-order valence-electron chi connectivity index (χ4n) is 5.59. The number of amides is 1. The largest absolute Gasteiger partial charge is 0.346 e. The molecular weight excluding hydrogens is 444 g/mol. The van der Waals surface area contributed by atoms with Crippen molar-refractivity contribution in [2.45, 2.75) is 64.3 Å². The molecule has 4 rings (SSSR count). The van der Waals surface area contributed by atoms with Gasteiger partial charge in [-0.05, 0) is 80.9 Å². The van der Waals surface area contributed by atoms with Crippen LogP contribution in [0.3, 0.4) is 0 Å². The number of rotatable bonds is 4. The van der Waals surface area contributed by atoms with Crippen molar-refractivity contribution in [2.75, 3.05) is 20.1 Å². The average Bonchev–Trinajstić information content (AvgIpc) is 2.80. The highest BCUT2D eigenvalue weighted by atomic mass is 35.5. The minimum absolute atomic E-state index is 0.0705. The van der Waals surface area contributed by atoms with E-state index in [1.54, 1.807) is 12.1 Å². The second kappa shape index (κ2) is 11.5. The Morgan fingerprint density at radius 1 is 1.03 bits per heavy atom. The minimum Gasteiger partial charge on any atom is -0.346 e. The van der Waals surface area contributed by atoms with Crippen molar-refractivity contribution in [3.8, 4) is 0 Å². The second-order valence-electron chi connectivity index (χ2n) is 10.8. The third kappa shape index (κ3) is 6.70. The Morgan fingerprint density at radius 3 is 2.32 bits per heavy atom. The molecule has 1 saturated carbocycles. The molecule has 4 nitrogen and oxygen atoms in total. The van der Waals surface area contributed by atoms with Crippen molar-refractivity contribution in [2.24, 2.45) is 11.3 Å². The number of carbonyl (C=O) groups excluding carboxylic acids is 2. The molecular formula is C29H39ClN2O2. The zero-order valence-corrected chi connectivity index (χ0v) is 21.8. The standard InChI is InChI=1S/C15H19NO2.C14H20ClN/c1-15(10-6-5-9-13(15)11-17)16-14(18)12-7-3-2-4-8-12;1-14(2)10-16(3)9-8-13(14)11-4-6-12(15)7-5-11/h2-4,7-8,11,13H,5-6,9-10H2,1H3,(H,16,18);4-7,13H,8-10H2,1-3H3/t13-,15-;/m1./s1. The summed E-state index contributed by atoms with van der Waals surface area (Å²) in [4.78, 5) is 25.7. The topological polar surface area (TPSA) is 49.4 Å². The van der Waals surface area contributed by atoms with E-state index in [4.69, 9.17) is 11.6 Å². The molecule has 0 radical (unpaired) electrons. The first-order chi connectivity index (χ1) is 16.1. The molecule has 5 heteroatoms. The molecule has 34 heavy (non-hydrogen) atoms. The zero-order valence-electron chi connectivity index (χ0n) is 21.0. The van der Waals surface area contributed by atoms with Gasteiger partial charge in [0, 0.05) is 28.6 Å². The molecule has 0 spiro atoms. The Labute approximate surface area is 210 Å². The van der Waals surface area contributed by atoms with Gasteiger partial charge in [0.05, 0.1) is 0 Å². The van der Waals surface area contributed by atoms with Crippen molar-refractivity contribution in [1.82, 2.24) is 10.2 Å². The Morgan fingerprint density at radius 2 is 1.71 bits per heavy atom. The number of likely N-dealkylation sites (tertiary alicyclic amines) is 1. The van der Waals surface area contributed by atoms with Crippen LogP contribution in [-0.2, 0) is 4.79 Å². The van der Waals surface area contributed by atoms with Crippen LogP contribution < -0.4 is 5.32 Å². The predicted molar refractivity (Wildman–Crippen MR) is 140 cm³/mol. The van der Waals surface area contributed by atoms with Crippen LogP contribution in [0.15, 0.2) is 54.6 Å². The lowest BCUT2D eigenvalue weighted by Gasteiger charge is -2.43. The molecule has 2 aliphatic rings. The van der Waals surface area contributed by atoms with Gasteiger partial charge in [-0.25, -0.2) is 0 Å². The van der Waals surface area contributed by atoms with Crippen LogP contribution in [0.5, 0.6) is 0 Å². The highest BCUT2D eigenvalue weighted by Gasteiger charge is 2.38. The summed E-state index contributed by atoms with van der Waals surface area (Å²) in [5.74, 6) is 0.492. The normalized spacial score (nSPS) is 26.6. The highest BCUT2D eigenvalue weighted by molar-refractivity contribution is 6.30. The third-order valence-corrected chi connectivity index (χ3v) is 7.82. The van der Waals surface area contributed by atoms with Gasteiger partial charge in [-0.1, -0.05) is 68.6 Å². The molecule has 1 aliphatic carbocycles. The van der Waals surface area contributed by atoms with E-state index in [9.17, 15) is 9.59 Å². The van der Waals surface area contributed by atoms with Gasteiger partial charge in [-0.15, -0.1) is 0 Å². The number of benzene rings is 2. The van der Waals surface area contributed by atoms with Gasteiger partial charge in [0.2, 0.25) is 0 Å². The van der Waals surface area contributed by atoms with Crippen LogP contribution in [0, 0.1) is 11.3 Å². The van der Waals surface area contributed by atoms with Gasteiger partial charge in [-0.3, -0.25) is 4.79 Å². The zero-order chi connectivity index (χ0) is 24.8. The second-order valence-corrected chi connectivity index (χ2v) is 11.3. The lowest BCUT2D eigenvalue weighted by Crippen LogP contribution is -2.53. The van der Waals surface area contributed by atoms with Crippen molar-refractivity contribution in [3.63, 3.8) is 0 Å². The molecule has 3 atom stereocenters. The first-order valence-electron chi connectivity index (χ1n) is 12.4. The molecule has 184 valence electrons. The molecule has 1 heterocycles. The van der Waals surface area contributed by atoms with Crippen LogP contribution in [-0.4, -0.2) is 42.8 Å². The van der Waals surface area contributed by atoms with Crippen LogP contribution in [0.25, 0.3) is 0 Å².